The summed E-state index contributed by atoms with van der Waals surface area (Å²) in [6.45, 7) is 0. The molecule has 1 unspecified atom stereocenters. The minimum absolute atomic E-state index is 0.0946. The summed E-state index contributed by atoms with van der Waals surface area (Å²) >= 11 is 3.63. The number of hydrogen-bond acceptors (Lipinski definition) is 2. The third-order valence-corrected chi connectivity index (χ3v) is 2.76. The predicted molar refractivity (Wildman–Crippen MR) is 50.3 cm³/mol. The molecule has 0 aliphatic heterocycles. The van der Waals surface area contributed by atoms with Gasteiger partial charge in [0.25, 0.3) is 0 Å². The van der Waals surface area contributed by atoms with Crippen LogP contribution >= 0.6 is 11.6 Å². The third kappa shape index (κ3) is 1.37. The first-order valence-electron chi connectivity index (χ1n) is 3.48. The summed E-state index contributed by atoms with van der Waals surface area (Å²) in [5.41, 5.74) is 0.518. The van der Waals surface area contributed by atoms with Crippen LogP contribution in [0.3, 0.4) is 0 Å². The highest BCUT2D eigenvalue weighted by Gasteiger charge is 2.15. The summed E-state index contributed by atoms with van der Waals surface area (Å²) < 4.78 is 24.6. The van der Waals surface area contributed by atoms with E-state index in [1.165, 1.54) is 0 Å². The Hall–Kier alpha value is -0.840. The third-order valence-electron chi connectivity index (χ3n) is 1.66. The number of benzene rings is 1. The fraction of sp³-hybridized carbons (Fsp3) is 0. The minimum Gasteiger partial charge on any atom is -0.443 e. The molecule has 0 amide bonds. The van der Waals surface area contributed by atoms with Crippen molar-refractivity contribution in [1.82, 2.24) is 0 Å². The molecule has 0 aliphatic rings. The smallest absolute Gasteiger partial charge is 0.237 e. The molecule has 0 fully saturated rings. The van der Waals surface area contributed by atoms with Crippen LogP contribution in [0.4, 0.5) is 0 Å². The van der Waals surface area contributed by atoms with E-state index >= 15 is 0 Å². The molecule has 68 valence electrons. The molecule has 13 heavy (non-hydrogen) atoms. The summed E-state index contributed by atoms with van der Waals surface area (Å²) in [7, 11) is 0. The Morgan fingerprint density at radius 1 is 1.38 bits per heavy atom. The van der Waals surface area contributed by atoms with E-state index in [1.807, 2.05) is 0 Å². The Morgan fingerprint density at radius 2 is 2.08 bits per heavy atom. The molecule has 0 bridgehead atoms. The topological polar surface area (TPSA) is 50.4 Å². The van der Waals surface area contributed by atoms with Crippen molar-refractivity contribution < 1.29 is 13.2 Å². The second-order valence-corrected chi connectivity index (χ2v) is 3.70. The van der Waals surface area contributed by atoms with Gasteiger partial charge in [0.2, 0.25) is 16.2 Å². The summed E-state index contributed by atoms with van der Waals surface area (Å²) in [4.78, 5) is 0. The first-order valence-corrected chi connectivity index (χ1v) is 4.96. The Kier molecular flexibility index (Phi) is 2.11. The molecular formula is C8H5ClO3S. The van der Waals surface area contributed by atoms with Crippen LogP contribution in [0.5, 0.6) is 0 Å². The average molecular weight is 217 g/mol. The Morgan fingerprint density at radius 3 is 2.69 bits per heavy atom. The van der Waals surface area contributed by atoms with E-state index in [0.717, 1.165) is 0 Å². The van der Waals surface area contributed by atoms with Crippen LogP contribution in [0.25, 0.3) is 11.0 Å². The fourth-order valence-electron chi connectivity index (χ4n) is 1.10. The van der Waals surface area contributed by atoms with Crippen LogP contribution < -0.4 is 0 Å². The highest BCUT2D eigenvalue weighted by atomic mass is 35.5. The minimum atomic E-state index is -2.17. The SMILES string of the molecule is O=S(O)c1oc2ccccc2c1Cl. The Labute approximate surface area is 81.6 Å². The van der Waals surface area contributed by atoms with Crippen LogP contribution in [-0.2, 0) is 11.1 Å². The fourth-order valence-corrected chi connectivity index (χ4v) is 1.92. The molecule has 2 aromatic rings. The largest absolute Gasteiger partial charge is 0.443 e. The highest BCUT2D eigenvalue weighted by molar-refractivity contribution is 7.79. The summed E-state index contributed by atoms with van der Waals surface area (Å²) in [6.07, 6.45) is 0. The standard InChI is InChI=1S/C8H5ClO3S/c9-7-5-3-1-2-4-6(5)12-8(7)13(10)11/h1-4H,(H,10,11). The first kappa shape index (κ1) is 8.74. The van der Waals surface area contributed by atoms with Gasteiger partial charge in [-0.25, -0.2) is 4.21 Å². The number of fused-ring (bicyclic) bond motifs is 1. The number of furan rings is 1. The van der Waals surface area contributed by atoms with E-state index in [9.17, 15) is 4.21 Å². The molecule has 1 heterocycles. The number of rotatable bonds is 1. The van der Waals surface area contributed by atoms with E-state index in [0.29, 0.717) is 11.0 Å². The average Bonchev–Trinajstić information content (AvgIpc) is 2.45. The molecule has 0 spiro atoms. The van der Waals surface area contributed by atoms with Crippen molar-refractivity contribution in [2.75, 3.05) is 0 Å². The second kappa shape index (κ2) is 3.14. The van der Waals surface area contributed by atoms with Gasteiger partial charge in [-0.3, -0.25) is 4.55 Å². The van der Waals surface area contributed by atoms with Gasteiger partial charge in [-0.1, -0.05) is 23.7 Å². The lowest BCUT2D eigenvalue weighted by Gasteiger charge is -1.85. The van der Waals surface area contributed by atoms with Crippen molar-refractivity contribution in [2.24, 2.45) is 0 Å². The Balaban J connectivity index is 2.81. The maximum atomic E-state index is 10.7. The van der Waals surface area contributed by atoms with Crippen molar-refractivity contribution in [1.29, 1.82) is 0 Å². The molecule has 0 saturated carbocycles. The lowest BCUT2D eigenvalue weighted by Crippen LogP contribution is -1.84. The monoisotopic (exact) mass is 216 g/mol. The normalized spacial score (nSPS) is 13.4. The molecule has 1 N–H and O–H groups in total. The number of para-hydroxylation sites is 1. The van der Waals surface area contributed by atoms with E-state index in [2.05, 4.69) is 0 Å². The van der Waals surface area contributed by atoms with Crippen molar-refractivity contribution >= 4 is 33.7 Å². The lowest BCUT2D eigenvalue weighted by atomic mass is 10.3. The van der Waals surface area contributed by atoms with E-state index in [-0.39, 0.29) is 10.1 Å². The van der Waals surface area contributed by atoms with Gasteiger partial charge in [-0.15, -0.1) is 0 Å². The number of halogens is 1. The zero-order valence-electron chi connectivity index (χ0n) is 6.36. The van der Waals surface area contributed by atoms with Gasteiger partial charge in [0.1, 0.15) is 10.6 Å². The molecule has 1 aromatic carbocycles. The predicted octanol–water partition coefficient (Wildman–Crippen LogP) is 2.67. The maximum absolute atomic E-state index is 10.7. The maximum Gasteiger partial charge on any atom is 0.237 e. The highest BCUT2D eigenvalue weighted by Crippen LogP contribution is 2.31. The van der Waals surface area contributed by atoms with Crippen molar-refractivity contribution in [3.8, 4) is 0 Å². The molecule has 3 nitrogen and oxygen atoms in total. The summed E-state index contributed by atoms with van der Waals surface area (Å²) in [6, 6.07) is 6.98. The van der Waals surface area contributed by atoms with Gasteiger partial charge in [0.05, 0.1) is 0 Å². The molecule has 0 radical (unpaired) electrons. The summed E-state index contributed by atoms with van der Waals surface area (Å²) in [5, 5.41) is 0.765. The van der Waals surface area contributed by atoms with Crippen LogP contribution in [0, 0.1) is 0 Å². The van der Waals surface area contributed by atoms with Gasteiger partial charge in [0.15, 0.2) is 0 Å². The van der Waals surface area contributed by atoms with Gasteiger partial charge in [-0.2, -0.15) is 0 Å². The van der Waals surface area contributed by atoms with E-state index in [4.69, 9.17) is 20.6 Å². The second-order valence-electron chi connectivity index (χ2n) is 2.45. The van der Waals surface area contributed by atoms with Crippen molar-refractivity contribution in [3.05, 3.63) is 29.3 Å². The molecular weight excluding hydrogens is 212 g/mol. The molecule has 2 rings (SSSR count). The van der Waals surface area contributed by atoms with Gasteiger partial charge < -0.3 is 4.42 Å². The van der Waals surface area contributed by atoms with Gasteiger partial charge >= 0.3 is 0 Å². The van der Waals surface area contributed by atoms with E-state index in [1.54, 1.807) is 24.3 Å². The number of hydrogen-bond donors (Lipinski definition) is 1. The van der Waals surface area contributed by atoms with Crippen molar-refractivity contribution in [2.45, 2.75) is 5.09 Å². The molecule has 1 atom stereocenters. The first-order chi connectivity index (χ1) is 6.20. The molecule has 0 aliphatic carbocycles. The van der Waals surface area contributed by atoms with Crippen LogP contribution in [0.1, 0.15) is 0 Å². The zero-order valence-corrected chi connectivity index (χ0v) is 7.93. The van der Waals surface area contributed by atoms with Gasteiger partial charge in [0, 0.05) is 5.39 Å². The van der Waals surface area contributed by atoms with Crippen LogP contribution in [0.2, 0.25) is 5.02 Å². The molecule has 5 heteroatoms. The molecule has 0 saturated heterocycles. The lowest BCUT2D eigenvalue weighted by molar-refractivity contribution is 0.469. The van der Waals surface area contributed by atoms with Crippen molar-refractivity contribution in [3.63, 3.8) is 0 Å². The zero-order chi connectivity index (χ0) is 9.42. The Bertz CT molecular complexity index is 477. The van der Waals surface area contributed by atoms with Crippen LogP contribution in [0.15, 0.2) is 33.8 Å². The quantitative estimate of drug-likeness (QED) is 0.746. The van der Waals surface area contributed by atoms with Crippen LogP contribution in [-0.4, -0.2) is 8.76 Å². The summed E-state index contributed by atoms with van der Waals surface area (Å²) in [5.74, 6) is 0. The molecule has 1 aromatic heterocycles. The van der Waals surface area contributed by atoms with E-state index < -0.39 is 11.1 Å². The van der Waals surface area contributed by atoms with Gasteiger partial charge in [-0.05, 0) is 12.1 Å².